The molecule has 17 heavy (non-hydrogen) atoms. The van der Waals surface area contributed by atoms with Crippen LogP contribution in [-0.2, 0) is 0 Å². The van der Waals surface area contributed by atoms with E-state index in [1.165, 1.54) is 0 Å². The van der Waals surface area contributed by atoms with Crippen LogP contribution in [0.4, 0.5) is 5.95 Å². The maximum atomic E-state index is 6.23. The number of para-hydroxylation sites is 1. The minimum atomic E-state index is 0.312. The number of fused-ring (bicyclic) bond motifs is 1. The molecule has 1 atom stereocenters. The Morgan fingerprint density at radius 3 is 3.00 bits per heavy atom. The summed E-state index contributed by atoms with van der Waals surface area (Å²) in [5.41, 5.74) is 7.79. The Labute approximate surface area is 110 Å². The highest BCUT2D eigenvalue weighted by Crippen LogP contribution is 2.30. The van der Waals surface area contributed by atoms with Gasteiger partial charge in [-0.3, -0.25) is 0 Å². The van der Waals surface area contributed by atoms with Crippen LogP contribution in [0.2, 0.25) is 5.02 Å². The summed E-state index contributed by atoms with van der Waals surface area (Å²) in [5.74, 6) is 1.65. The molecule has 0 amide bonds. The fourth-order valence-electron chi connectivity index (χ4n) is 1.99. The molecule has 0 saturated heterocycles. The Kier molecular flexibility index (Phi) is 3.84. The third kappa shape index (κ3) is 2.38. The molecule has 2 N–H and O–H groups in total. The summed E-state index contributed by atoms with van der Waals surface area (Å²) < 4.78 is 2.04. The predicted molar refractivity (Wildman–Crippen MR) is 76.9 cm³/mol. The van der Waals surface area contributed by atoms with E-state index in [1.54, 1.807) is 0 Å². The first-order valence-corrected chi connectivity index (χ1v) is 7.33. The van der Waals surface area contributed by atoms with Gasteiger partial charge in [0.1, 0.15) is 0 Å². The highest BCUT2D eigenvalue weighted by molar-refractivity contribution is 7.98. The lowest BCUT2D eigenvalue weighted by Gasteiger charge is -2.15. The number of imidazole rings is 1. The van der Waals surface area contributed by atoms with Gasteiger partial charge in [0, 0.05) is 6.04 Å². The van der Waals surface area contributed by atoms with Crippen LogP contribution in [0.5, 0.6) is 0 Å². The van der Waals surface area contributed by atoms with Crippen molar-refractivity contribution in [2.45, 2.75) is 19.4 Å². The molecule has 2 aromatic rings. The number of benzene rings is 1. The third-order valence-corrected chi connectivity index (χ3v) is 3.82. The van der Waals surface area contributed by atoms with Gasteiger partial charge in [-0.15, -0.1) is 0 Å². The number of thioether (sulfide) groups is 1. The summed E-state index contributed by atoms with van der Waals surface area (Å²) in [4.78, 5) is 4.35. The highest BCUT2D eigenvalue weighted by atomic mass is 35.5. The van der Waals surface area contributed by atoms with Gasteiger partial charge in [-0.25, -0.2) is 4.98 Å². The summed E-state index contributed by atoms with van der Waals surface area (Å²) in [5, 5.41) is 0.711. The average Bonchev–Trinajstić information content (AvgIpc) is 2.64. The number of hydrogen-bond acceptors (Lipinski definition) is 3. The van der Waals surface area contributed by atoms with Gasteiger partial charge in [0.15, 0.2) is 0 Å². The highest BCUT2D eigenvalue weighted by Gasteiger charge is 2.15. The van der Waals surface area contributed by atoms with E-state index in [1.807, 2.05) is 34.5 Å². The number of hydrogen-bond donors (Lipinski definition) is 1. The first-order valence-electron chi connectivity index (χ1n) is 5.56. The molecule has 0 fully saturated rings. The number of rotatable bonds is 4. The molecule has 0 bridgehead atoms. The zero-order chi connectivity index (χ0) is 12.4. The van der Waals surface area contributed by atoms with Gasteiger partial charge in [0.25, 0.3) is 0 Å². The minimum absolute atomic E-state index is 0.312. The fraction of sp³-hybridized carbons (Fsp3) is 0.417. The van der Waals surface area contributed by atoms with Crippen LogP contribution < -0.4 is 5.73 Å². The van der Waals surface area contributed by atoms with Gasteiger partial charge in [0.2, 0.25) is 5.95 Å². The van der Waals surface area contributed by atoms with Crippen molar-refractivity contribution in [2.24, 2.45) is 0 Å². The van der Waals surface area contributed by atoms with E-state index in [4.69, 9.17) is 17.3 Å². The lowest BCUT2D eigenvalue weighted by molar-refractivity contribution is 0.556. The summed E-state index contributed by atoms with van der Waals surface area (Å²) in [7, 11) is 0. The molecular formula is C12H16ClN3S. The van der Waals surface area contributed by atoms with Crippen molar-refractivity contribution in [2.75, 3.05) is 17.7 Å². The largest absolute Gasteiger partial charge is 0.369 e. The third-order valence-electron chi connectivity index (χ3n) is 2.87. The van der Waals surface area contributed by atoms with Crippen molar-refractivity contribution >= 4 is 40.3 Å². The van der Waals surface area contributed by atoms with Crippen LogP contribution in [-0.4, -0.2) is 21.6 Å². The zero-order valence-electron chi connectivity index (χ0n) is 9.98. The average molecular weight is 270 g/mol. The molecule has 1 heterocycles. The Morgan fingerprint density at radius 2 is 2.29 bits per heavy atom. The number of nitrogens with zero attached hydrogens (tertiary/aromatic N) is 2. The monoisotopic (exact) mass is 269 g/mol. The normalized spacial score (nSPS) is 13.1. The topological polar surface area (TPSA) is 43.8 Å². The lowest BCUT2D eigenvalue weighted by atomic mass is 10.2. The van der Waals surface area contributed by atoms with Crippen molar-refractivity contribution < 1.29 is 0 Å². The molecule has 0 spiro atoms. The molecular weight excluding hydrogens is 254 g/mol. The van der Waals surface area contributed by atoms with Gasteiger partial charge in [0.05, 0.1) is 16.1 Å². The van der Waals surface area contributed by atoms with Crippen molar-refractivity contribution in [3.05, 3.63) is 23.2 Å². The number of aromatic nitrogens is 2. The molecule has 1 unspecified atom stereocenters. The van der Waals surface area contributed by atoms with Gasteiger partial charge < -0.3 is 10.3 Å². The number of nitrogen functional groups attached to an aromatic ring is 1. The molecule has 1 aromatic heterocycles. The number of halogens is 1. The van der Waals surface area contributed by atoms with Gasteiger partial charge in [-0.2, -0.15) is 11.8 Å². The van der Waals surface area contributed by atoms with E-state index < -0.39 is 0 Å². The second-order valence-corrected chi connectivity index (χ2v) is 5.47. The lowest BCUT2D eigenvalue weighted by Crippen LogP contribution is -2.09. The number of nitrogens with two attached hydrogens (primary N) is 1. The molecule has 1 aromatic carbocycles. The maximum Gasteiger partial charge on any atom is 0.201 e. The van der Waals surface area contributed by atoms with Crippen molar-refractivity contribution in [3.63, 3.8) is 0 Å². The predicted octanol–water partition coefficient (Wildman–Crippen LogP) is 3.59. The Morgan fingerprint density at radius 1 is 1.53 bits per heavy atom. The summed E-state index contributed by atoms with van der Waals surface area (Å²) in [6.07, 6.45) is 3.16. The van der Waals surface area contributed by atoms with Crippen molar-refractivity contribution in [1.29, 1.82) is 0 Å². The van der Waals surface area contributed by atoms with Crippen molar-refractivity contribution in [1.82, 2.24) is 9.55 Å². The second kappa shape index (κ2) is 5.19. The van der Waals surface area contributed by atoms with Crippen LogP contribution in [0.3, 0.4) is 0 Å². The zero-order valence-corrected chi connectivity index (χ0v) is 11.6. The molecule has 2 rings (SSSR count). The van der Waals surface area contributed by atoms with Crippen LogP contribution in [0.15, 0.2) is 18.2 Å². The summed E-state index contributed by atoms with van der Waals surface area (Å²) >= 11 is 8.07. The van der Waals surface area contributed by atoms with E-state index in [9.17, 15) is 0 Å². The standard InChI is InChI=1S/C12H16ClN3S/c1-8(6-7-17-2)16-11-9(13)4-3-5-10(11)15-12(16)14/h3-5,8H,6-7H2,1-2H3,(H2,14,15). The Balaban J connectivity index is 2.48. The van der Waals surface area contributed by atoms with Crippen LogP contribution in [0.1, 0.15) is 19.4 Å². The van der Waals surface area contributed by atoms with Crippen molar-refractivity contribution in [3.8, 4) is 0 Å². The van der Waals surface area contributed by atoms with E-state index in [0.717, 1.165) is 23.2 Å². The molecule has 5 heteroatoms. The molecule has 3 nitrogen and oxygen atoms in total. The molecule has 0 saturated carbocycles. The fourth-order valence-corrected chi connectivity index (χ4v) is 2.83. The van der Waals surface area contributed by atoms with E-state index in [-0.39, 0.29) is 0 Å². The minimum Gasteiger partial charge on any atom is -0.369 e. The first kappa shape index (κ1) is 12.6. The molecule has 0 radical (unpaired) electrons. The first-order chi connectivity index (χ1) is 8.15. The second-order valence-electron chi connectivity index (χ2n) is 4.08. The molecule has 0 aliphatic rings. The van der Waals surface area contributed by atoms with Crippen LogP contribution in [0, 0.1) is 0 Å². The van der Waals surface area contributed by atoms with E-state index in [2.05, 4.69) is 18.2 Å². The maximum absolute atomic E-state index is 6.23. The molecule has 92 valence electrons. The Hall–Kier alpha value is -0.870. The molecule has 0 aliphatic carbocycles. The van der Waals surface area contributed by atoms with Crippen LogP contribution in [0.25, 0.3) is 11.0 Å². The van der Waals surface area contributed by atoms with E-state index >= 15 is 0 Å². The summed E-state index contributed by atoms with van der Waals surface area (Å²) in [6.45, 7) is 2.15. The van der Waals surface area contributed by atoms with E-state index in [0.29, 0.717) is 17.0 Å². The Bertz CT molecular complexity index is 524. The van der Waals surface area contributed by atoms with Gasteiger partial charge >= 0.3 is 0 Å². The molecule has 0 aliphatic heterocycles. The van der Waals surface area contributed by atoms with Gasteiger partial charge in [-0.05, 0) is 37.5 Å². The quantitative estimate of drug-likeness (QED) is 0.923. The van der Waals surface area contributed by atoms with Gasteiger partial charge in [-0.1, -0.05) is 17.7 Å². The van der Waals surface area contributed by atoms with Crippen LogP contribution >= 0.6 is 23.4 Å². The number of anilines is 1. The SMILES string of the molecule is CSCCC(C)n1c(N)nc2cccc(Cl)c21. The summed E-state index contributed by atoms with van der Waals surface area (Å²) in [6, 6.07) is 6.03. The smallest absolute Gasteiger partial charge is 0.201 e.